The lowest BCUT2D eigenvalue weighted by atomic mass is 10.1. The third kappa shape index (κ3) is 3.00. The lowest BCUT2D eigenvalue weighted by molar-refractivity contribution is -0.117. The predicted molar refractivity (Wildman–Crippen MR) is 90.9 cm³/mol. The van der Waals surface area contributed by atoms with Gasteiger partial charge in [0.25, 0.3) is 5.89 Å². The van der Waals surface area contributed by atoms with Crippen LogP contribution in [-0.2, 0) is 11.2 Å². The van der Waals surface area contributed by atoms with Gasteiger partial charge in [0.2, 0.25) is 5.91 Å². The van der Waals surface area contributed by atoms with Crippen LogP contribution in [0.15, 0.2) is 47.4 Å². The van der Waals surface area contributed by atoms with Crippen molar-refractivity contribution in [3.05, 3.63) is 54.2 Å². The number of nitrogens with zero attached hydrogens (tertiary/aromatic N) is 5. The quantitative estimate of drug-likeness (QED) is 0.728. The van der Waals surface area contributed by atoms with Crippen LogP contribution >= 0.6 is 0 Å². The molecule has 3 heterocycles. The van der Waals surface area contributed by atoms with E-state index in [1.165, 1.54) is 5.56 Å². The van der Waals surface area contributed by atoms with Crippen molar-refractivity contribution >= 4 is 11.6 Å². The summed E-state index contributed by atoms with van der Waals surface area (Å²) in [6.07, 6.45) is 6.07. The topological polar surface area (TPSA) is 85.0 Å². The fraction of sp³-hybridized carbons (Fsp3) is 0.278. The van der Waals surface area contributed by atoms with Crippen LogP contribution in [0.1, 0.15) is 30.7 Å². The highest BCUT2D eigenvalue weighted by atomic mass is 16.5. The van der Waals surface area contributed by atoms with Gasteiger partial charge in [-0.05, 0) is 24.1 Å². The van der Waals surface area contributed by atoms with Gasteiger partial charge in [0.15, 0.2) is 5.82 Å². The van der Waals surface area contributed by atoms with Gasteiger partial charge >= 0.3 is 0 Å². The molecular weight excluding hydrogens is 318 g/mol. The van der Waals surface area contributed by atoms with Crippen LogP contribution in [0.2, 0.25) is 0 Å². The number of aryl methyl sites for hydroxylation is 1. The summed E-state index contributed by atoms with van der Waals surface area (Å²) < 4.78 is 5.28. The SMILES string of the molecule is CCc1ccc(N2CC(c3noc(-c4cnccn4)n3)CC2=O)cc1. The van der Waals surface area contributed by atoms with Crippen LogP contribution in [0, 0.1) is 0 Å². The van der Waals surface area contributed by atoms with Crippen molar-refractivity contribution in [2.45, 2.75) is 25.7 Å². The Balaban J connectivity index is 1.53. The second kappa shape index (κ2) is 6.43. The van der Waals surface area contributed by atoms with Crippen molar-refractivity contribution in [1.29, 1.82) is 0 Å². The summed E-state index contributed by atoms with van der Waals surface area (Å²) in [6.45, 7) is 2.65. The number of carbonyl (C=O) groups excluding carboxylic acids is 1. The molecule has 25 heavy (non-hydrogen) atoms. The minimum absolute atomic E-state index is 0.0695. The number of amides is 1. The van der Waals surface area contributed by atoms with Crippen molar-refractivity contribution < 1.29 is 9.32 Å². The van der Waals surface area contributed by atoms with E-state index < -0.39 is 0 Å². The molecule has 0 saturated carbocycles. The zero-order valence-corrected chi connectivity index (χ0v) is 13.8. The Bertz CT molecular complexity index is 876. The van der Waals surface area contributed by atoms with Crippen LogP contribution in [0.4, 0.5) is 5.69 Å². The molecule has 1 aliphatic heterocycles. The van der Waals surface area contributed by atoms with Crippen molar-refractivity contribution in [2.24, 2.45) is 0 Å². The maximum absolute atomic E-state index is 12.4. The number of aromatic nitrogens is 4. The van der Waals surface area contributed by atoms with E-state index in [1.807, 2.05) is 12.1 Å². The molecule has 0 aliphatic carbocycles. The van der Waals surface area contributed by atoms with E-state index in [1.54, 1.807) is 23.5 Å². The van der Waals surface area contributed by atoms with E-state index in [2.05, 4.69) is 39.2 Å². The molecule has 1 saturated heterocycles. The number of hydrogen-bond acceptors (Lipinski definition) is 6. The smallest absolute Gasteiger partial charge is 0.278 e. The molecule has 1 fully saturated rings. The molecule has 4 rings (SSSR count). The first-order valence-corrected chi connectivity index (χ1v) is 8.24. The Morgan fingerprint density at radius 3 is 2.80 bits per heavy atom. The Hall–Kier alpha value is -3.09. The molecule has 0 bridgehead atoms. The highest BCUT2D eigenvalue weighted by molar-refractivity contribution is 5.96. The summed E-state index contributed by atoms with van der Waals surface area (Å²) in [6, 6.07) is 8.08. The maximum Gasteiger partial charge on any atom is 0.278 e. The number of hydrogen-bond donors (Lipinski definition) is 0. The standard InChI is InChI=1S/C18H17N5O2/c1-2-12-3-5-14(6-4-12)23-11-13(9-16(23)24)17-21-18(25-22-17)15-10-19-7-8-20-15/h3-8,10,13H,2,9,11H2,1H3. The third-order valence-corrected chi connectivity index (χ3v) is 4.37. The molecule has 1 aromatic carbocycles. The van der Waals surface area contributed by atoms with Gasteiger partial charge in [-0.3, -0.25) is 9.78 Å². The molecule has 126 valence electrons. The normalized spacial score (nSPS) is 17.2. The average molecular weight is 335 g/mol. The molecule has 0 spiro atoms. The number of rotatable bonds is 4. The second-order valence-electron chi connectivity index (χ2n) is 5.97. The van der Waals surface area contributed by atoms with Gasteiger partial charge in [-0.1, -0.05) is 24.2 Å². The molecule has 0 radical (unpaired) electrons. The average Bonchev–Trinajstić information content (AvgIpc) is 3.29. The van der Waals surface area contributed by atoms with Gasteiger partial charge in [-0.25, -0.2) is 4.98 Å². The predicted octanol–water partition coefficient (Wildman–Crippen LogP) is 2.61. The largest absolute Gasteiger partial charge is 0.332 e. The lowest BCUT2D eigenvalue weighted by Crippen LogP contribution is -2.24. The van der Waals surface area contributed by atoms with Crippen LogP contribution in [0.25, 0.3) is 11.6 Å². The van der Waals surface area contributed by atoms with Gasteiger partial charge in [-0.15, -0.1) is 0 Å². The minimum atomic E-state index is -0.0903. The summed E-state index contributed by atoms with van der Waals surface area (Å²) in [5, 5.41) is 4.03. The Morgan fingerprint density at radius 2 is 2.08 bits per heavy atom. The Morgan fingerprint density at radius 1 is 1.24 bits per heavy atom. The molecule has 0 N–H and O–H groups in total. The summed E-state index contributed by atoms with van der Waals surface area (Å²) in [4.78, 5) is 26.7. The monoisotopic (exact) mass is 335 g/mol. The molecule has 1 unspecified atom stereocenters. The van der Waals surface area contributed by atoms with Crippen molar-refractivity contribution in [1.82, 2.24) is 20.1 Å². The van der Waals surface area contributed by atoms with Gasteiger partial charge in [-0.2, -0.15) is 4.98 Å². The van der Waals surface area contributed by atoms with Gasteiger partial charge < -0.3 is 9.42 Å². The summed E-state index contributed by atoms with van der Waals surface area (Å²) in [7, 11) is 0. The molecule has 3 aromatic rings. The van der Waals surface area contributed by atoms with Gasteiger partial charge in [0.05, 0.1) is 6.20 Å². The minimum Gasteiger partial charge on any atom is -0.332 e. The first kappa shape index (κ1) is 15.4. The van der Waals surface area contributed by atoms with E-state index in [0.717, 1.165) is 12.1 Å². The first-order valence-electron chi connectivity index (χ1n) is 8.24. The maximum atomic E-state index is 12.4. The molecule has 1 amide bonds. The van der Waals surface area contributed by atoms with Crippen LogP contribution in [0.5, 0.6) is 0 Å². The molecule has 7 nitrogen and oxygen atoms in total. The first-order chi connectivity index (χ1) is 12.2. The highest BCUT2D eigenvalue weighted by Gasteiger charge is 2.34. The fourth-order valence-corrected chi connectivity index (χ4v) is 2.96. The van der Waals surface area contributed by atoms with Crippen molar-refractivity contribution in [2.75, 3.05) is 11.4 Å². The van der Waals surface area contributed by atoms with E-state index in [0.29, 0.717) is 30.4 Å². The van der Waals surface area contributed by atoms with E-state index >= 15 is 0 Å². The molecule has 1 atom stereocenters. The summed E-state index contributed by atoms with van der Waals surface area (Å²) >= 11 is 0. The van der Waals surface area contributed by atoms with Crippen molar-refractivity contribution in [3.8, 4) is 11.6 Å². The Kier molecular flexibility index (Phi) is 3.97. The molecule has 2 aromatic heterocycles. The van der Waals surface area contributed by atoms with Gasteiger partial charge in [0.1, 0.15) is 5.69 Å². The Labute approximate surface area is 144 Å². The third-order valence-electron chi connectivity index (χ3n) is 4.37. The molecular formula is C18H17N5O2. The lowest BCUT2D eigenvalue weighted by Gasteiger charge is -2.16. The second-order valence-corrected chi connectivity index (χ2v) is 5.97. The number of anilines is 1. The van der Waals surface area contributed by atoms with Gasteiger partial charge in [0, 0.05) is 37.0 Å². The van der Waals surface area contributed by atoms with E-state index in [-0.39, 0.29) is 11.8 Å². The van der Waals surface area contributed by atoms with Crippen LogP contribution in [-0.4, -0.2) is 32.6 Å². The summed E-state index contributed by atoms with van der Waals surface area (Å²) in [5.41, 5.74) is 2.68. The zero-order chi connectivity index (χ0) is 17.2. The zero-order valence-electron chi connectivity index (χ0n) is 13.8. The highest BCUT2D eigenvalue weighted by Crippen LogP contribution is 2.31. The van der Waals surface area contributed by atoms with Crippen molar-refractivity contribution in [3.63, 3.8) is 0 Å². The number of benzene rings is 1. The molecule has 7 heteroatoms. The molecule has 1 aliphatic rings. The number of carbonyl (C=O) groups is 1. The van der Waals surface area contributed by atoms with Crippen LogP contribution in [0.3, 0.4) is 0 Å². The van der Waals surface area contributed by atoms with E-state index in [4.69, 9.17) is 4.52 Å². The van der Waals surface area contributed by atoms with Crippen LogP contribution < -0.4 is 4.90 Å². The fourth-order valence-electron chi connectivity index (χ4n) is 2.96. The summed E-state index contributed by atoms with van der Waals surface area (Å²) in [5.74, 6) is 0.829. The van der Waals surface area contributed by atoms with E-state index in [9.17, 15) is 4.79 Å².